The first-order chi connectivity index (χ1) is 12.3. The van der Waals surface area contributed by atoms with Crippen LogP contribution in [-0.2, 0) is 9.31 Å². The summed E-state index contributed by atoms with van der Waals surface area (Å²) in [5.74, 6) is -0.817. The molecule has 1 aromatic heterocycles. The second-order valence-electron chi connectivity index (χ2n) is 5.16. The largest absolute Gasteiger partial charge is 0.516 e. The first-order valence-electron chi connectivity index (χ1n) is 10.2. The summed E-state index contributed by atoms with van der Waals surface area (Å²) in [5, 5.41) is 0. The Bertz CT molecular complexity index is 737. The Morgan fingerprint density at radius 3 is 2.53 bits per heavy atom. The molecule has 0 atom stereocenters. The molecule has 0 radical (unpaired) electrons. The number of nitrogens with zero attached hydrogens (tertiary/aromatic N) is 2. The molecule has 0 saturated carbocycles. The molecule has 1 fully saturated rings. The molecular formula is C13H21BN2O3. The van der Waals surface area contributed by atoms with E-state index in [0.29, 0.717) is 0 Å². The fraction of sp³-hybridized carbons (Fsp3) is 0.692. The topological polar surface area (TPSA) is 53.5 Å². The molecule has 0 N–H and O–H groups in total. The summed E-state index contributed by atoms with van der Waals surface area (Å²) < 4.78 is 84.4. The van der Waals surface area contributed by atoms with Gasteiger partial charge in [-0.1, -0.05) is 0 Å². The minimum absolute atomic E-state index is 0.219. The molecule has 1 aliphatic rings. The van der Waals surface area contributed by atoms with Crippen molar-refractivity contribution in [2.45, 2.75) is 58.7 Å². The quantitative estimate of drug-likeness (QED) is 0.782. The first-order valence-corrected chi connectivity index (χ1v) is 5.72. The maximum atomic E-state index is 7.93. The lowest BCUT2D eigenvalue weighted by Gasteiger charge is -2.32. The second kappa shape index (κ2) is 4.76. The lowest BCUT2D eigenvalue weighted by molar-refractivity contribution is 0.00578. The number of hydrogen-bond acceptors (Lipinski definition) is 5. The zero-order chi connectivity index (χ0) is 21.9. The van der Waals surface area contributed by atoms with E-state index in [-0.39, 0.29) is 5.59 Å². The molecular weight excluding hydrogens is 243 g/mol. The number of ether oxygens (including phenoxy) is 1. The number of rotatable bonds is 3. The van der Waals surface area contributed by atoms with Gasteiger partial charge in [-0.2, -0.15) is 0 Å². The van der Waals surface area contributed by atoms with Gasteiger partial charge in [0.15, 0.2) is 0 Å². The van der Waals surface area contributed by atoms with E-state index in [2.05, 4.69) is 9.97 Å². The molecule has 1 aromatic rings. The highest BCUT2D eigenvalue weighted by Crippen LogP contribution is 2.36. The van der Waals surface area contributed by atoms with Crippen molar-refractivity contribution in [3.63, 3.8) is 0 Å². The first kappa shape index (κ1) is 6.54. The Hall–Kier alpha value is -1.14. The highest BCUT2D eigenvalue weighted by molar-refractivity contribution is 6.61. The van der Waals surface area contributed by atoms with Gasteiger partial charge in [-0.15, -0.1) is 0 Å². The molecule has 0 bridgehead atoms. The maximum absolute atomic E-state index is 7.93. The summed E-state index contributed by atoms with van der Waals surface area (Å²) in [6.07, 6.45) is -4.65. The molecule has 2 heterocycles. The molecule has 1 aliphatic heterocycles. The Kier molecular flexibility index (Phi) is 1.64. The highest BCUT2D eigenvalue weighted by Gasteiger charge is 2.52. The summed E-state index contributed by atoms with van der Waals surface area (Å²) in [6.45, 7) is 0.292. The Labute approximate surface area is 127 Å². The van der Waals surface area contributed by atoms with E-state index in [1.54, 1.807) is 27.7 Å². The van der Waals surface area contributed by atoms with E-state index in [1.165, 1.54) is 0 Å². The minimum atomic E-state index is -3.39. The van der Waals surface area contributed by atoms with Crippen molar-refractivity contribution < 1.29 is 26.4 Å². The van der Waals surface area contributed by atoms with Crippen LogP contribution in [0.3, 0.4) is 0 Å². The Morgan fingerprint density at radius 2 is 1.95 bits per heavy atom. The summed E-state index contributed by atoms with van der Waals surface area (Å²) >= 11 is 0. The van der Waals surface area contributed by atoms with Crippen molar-refractivity contribution in [1.29, 1.82) is 0 Å². The van der Waals surface area contributed by atoms with Crippen LogP contribution in [0.5, 0.6) is 5.88 Å². The molecule has 0 spiro atoms. The van der Waals surface area contributed by atoms with Crippen LogP contribution in [-0.4, -0.2) is 34.4 Å². The van der Waals surface area contributed by atoms with Gasteiger partial charge in [-0.05, 0) is 41.4 Å². The monoisotopic (exact) mass is 273 g/mol. The summed E-state index contributed by atoms with van der Waals surface area (Å²) in [7, 11) is -1.17. The van der Waals surface area contributed by atoms with Crippen molar-refractivity contribution in [3.05, 3.63) is 12.3 Å². The van der Waals surface area contributed by atoms with E-state index in [1.807, 2.05) is 0 Å². The van der Waals surface area contributed by atoms with Crippen molar-refractivity contribution in [2.24, 2.45) is 0 Å². The molecule has 104 valence electrons. The van der Waals surface area contributed by atoms with Crippen LogP contribution in [0.15, 0.2) is 12.3 Å². The SMILES string of the molecule is [2H]c1nc([2H])c(B2OC(C)(C)C(C)(C)O2)nc1OC([2H])(C([2H])([2H])[2H])C([2H])([2H])[2H]. The Morgan fingerprint density at radius 1 is 1.32 bits per heavy atom. The van der Waals surface area contributed by atoms with E-state index >= 15 is 0 Å². The van der Waals surface area contributed by atoms with Gasteiger partial charge < -0.3 is 14.0 Å². The van der Waals surface area contributed by atoms with Crippen molar-refractivity contribution in [1.82, 2.24) is 9.97 Å². The molecule has 1 saturated heterocycles. The van der Waals surface area contributed by atoms with Gasteiger partial charge in [0.25, 0.3) is 0 Å². The highest BCUT2D eigenvalue weighted by atomic mass is 16.7. The molecule has 19 heavy (non-hydrogen) atoms. The van der Waals surface area contributed by atoms with Crippen molar-refractivity contribution >= 4 is 12.7 Å². The smallest absolute Gasteiger partial charge is 0.474 e. The van der Waals surface area contributed by atoms with Crippen LogP contribution in [0.4, 0.5) is 0 Å². The zero-order valence-corrected chi connectivity index (χ0v) is 11.2. The van der Waals surface area contributed by atoms with E-state index < -0.39 is 56.3 Å². The van der Waals surface area contributed by atoms with E-state index in [9.17, 15) is 0 Å². The van der Waals surface area contributed by atoms with E-state index in [4.69, 9.17) is 26.4 Å². The molecule has 0 unspecified atom stereocenters. The van der Waals surface area contributed by atoms with E-state index in [0.717, 1.165) is 0 Å². The predicted octanol–water partition coefficient (Wildman–Crippen LogP) is 1.56. The third-order valence-electron chi connectivity index (χ3n) is 3.22. The second-order valence-corrected chi connectivity index (χ2v) is 5.16. The molecule has 2 rings (SSSR count). The van der Waals surface area contributed by atoms with Gasteiger partial charge in [-0.3, -0.25) is 4.98 Å². The van der Waals surface area contributed by atoms with Crippen LogP contribution < -0.4 is 10.3 Å². The molecule has 0 aliphatic carbocycles. The zero-order valence-electron chi connectivity index (χ0n) is 20.2. The summed E-state index contributed by atoms with van der Waals surface area (Å²) in [6, 6.07) is 0. The number of hydrogen-bond donors (Lipinski definition) is 0. The van der Waals surface area contributed by atoms with Gasteiger partial charge in [-0.25, -0.2) is 4.98 Å². The minimum Gasteiger partial charge on any atom is -0.474 e. The predicted molar refractivity (Wildman–Crippen MR) is 73.5 cm³/mol. The van der Waals surface area contributed by atoms with Crippen LogP contribution in [0.2, 0.25) is 0 Å². The average Bonchev–Trinajstić information content (AvgIpc) is 2.67. The standard InChI is InChI=1S/C13H21BN2O3/c1-9(2)17-11-8-15-7-10(16-11)14-18-12(3,4)13(5,6)19-14/h7-9H,1-6H3/i1D3,2D3,7D,8D,9D. The maximum Gasteiger partial charge on any atom is 0.516 e. The van der Waals surface area contributed by atoms with Gasteiger partial charge in [0, 0.05) is 14.4 Å². The molecule has 6 heteroatoms. The Balaban J connectivity index is 2.50. The third kappa shape index (κ3) is 2.90. The van der Waals surface area contributed by atoms with Gasteiger partial charge >= 0.3 is 7.12 Å². The van der Waals surface area contributed by atoms with Gasteiger partial charge in [0.2, 0.25) is 5.88 Å². The summed E-state index contributed by atoms with van der Waals surface area (Å²) in [4.78, 5) is 7.46. The van der Waals surface area contributed by atoms with Crippen molar-refractivity contribution in [2.75, 3.05) is 0 Å². The fourth-order valence-electron chi connectivity index (χ4n) is 1.49. The summed E-state index contributed by atoms with van der Waals surface area (Å²) in [5.41, 5.74) is -1.77. The molecule has 0 amide bonds. The molecule has 5 nitrogen and oxygen atoms in total. The van der Waals surface area contributed by atoms with Gasteiger partial charge in [0.05, 0.1) is 33.2 Å². The average molecular weight is 273 g/mol. The van der Waals surface area contributed by atoms with Gasteiger partial charge in [0.1, 0.15) is 0 Å². The van der Waals surface area contributed by atoms with Crippen LogP contribution in [0.25, 0.3) is 0 Å². The third-order valence-corrected chi connectivity index (χ3v) is 3.22. The fourth-order valence-corrected chi connectivity index (χ4v) is 1.49. The van der Waals surface area contributed by atoms with Crippen molar-refractivity contribution in [3.8, 4) is 5.88 Å². The number of aromatic nitrogens is 2. The van der Waals surface area contributed by atoms with Crippen LogP contribution in [0.1, 0.15) is 53.7 Å². The lowest BCUT2D eigenvalue weighted by atomic mass is 9.85. The lowest BCUT2D eigenvalue weighted by Crippen LogP contribution is -2.41. The normalized spacial score (nSPS) is 29.7. The molecule has 0 aromatic carbocycles. The van der Waals surface area contributed by atoms with Crippen LogP contribution in [0, 0.1) is 0 Å². The van der Waals surface area contributed by atoms with Crippen LogP contribution >= 0.6 is 0 Å².